The first-order chi connectivity index (χ1) is 12.1. The van der Waals surface area contributed by atoms with Crippen molar-refractivity contribution in [2.24, 2.45) is 11.8 Å². The number of rotatable bonds is 3. The van der Waals surface area contributed by atoms with Crippen molar-refractivity contribution >= 4 is 39.2 Å². The van der Waals surface area contributed by atoms with Gasteiger partial charge in [0.05, 0.1) is 17.2 Å². The van der Waals surface area contributed by atoms with Gasteiger partial charge in [-0.1, -0.05) is 0 Å². The minimum absolute atomic E-state index is 0.0871. The van der Waals surface area contributed by atoms with E-state index in [4.69, 9.17) is 5.11 Å². The molecule has 7 nitrogen and oxygen atoms in total. The zero-order valence-corrected chi connectivity index (χ0v) is 14.6. The number of aliphatic carboxylic acids is 1. The van der Waals surface area contributed by atoms with E-state index in [2.05, 4.69) is 14.9 Å². The van der Waals surface area contributed by atoms with Gasteiger partial charge >= 0.3 is 5.97 Å². The van der Waals surface area contributed by atoms with Crippen LogP contribution in [0.15, 0.2) is 17.8 Å². The fourth-order valence-electron chi connectivity index (χ4n) is 3.82. The number of anilines is 1. The van der Waals surface area contributed by atoms with Gasteiger partial charge in [0.1, 0.15) is 17.0 Å². The minimum atomic E-state index is -0.804. The molecule has 0 bridgehead atoms. The third kappa shape index (κ3) is 3.06. The summed E-state index contributed by atoms with van der Waals surface area (Å²) in [5.74, 6) is -0.333. The van der Waals surface area contributed by atoms with E-state index in [1.165, 1.54) is 0 Å². The Kier molecular flexibility index (Phi) is 4.29. The number of amides is 1. The standard InChI is InChI=1S/C17H20N4O3S/c22-16(21-6-3-12(9-21)17(23)24)11-2-1-5-20(8-11)14-13-4-7-25-15(13)19-10-18-14/h4,7,10-12H,1-3,5-6,8-9H2,(H,23,24)/t11-,12-/m1/s1. The van der Waals surface area contributed by atoms with E-state index in [1.54, 1.807) is 22.6 Å². The van der Waals surface area contributed by atoms with Crippen molar-refractivity contribution in [3.63, 3.8) is 0 Å². The van der Waals surface area contributed by atoms with E-state index in [1.807, 2.05) is 11.4 Å². The summed E-state index contributed by atoms with van der Waals surface area (Å²) in [6.07, 6.45) is 3.92. The van der Waals surface area contributed by atoms with Crippen LogP contribution in [0, 0.1) is 11.8 Å². The van der Waals surface area contributed by atoms with Crippen LogP contribution in [0.3, 0.4) is 0 Å². The first-order valence-corrected chi connectivity index (χ1v) is 9.46. The van der Waals surface area contributed by atoms with Gasteiger partial charge in [-0.2, -0.15) is 0 Å². The fraction of sp³-hybridized carbons (Fsp3) is 0.529. The van der Waals surface area contributed by atoms with E-state index >= 15 is 0 Å². The zero-order chi connectivity index (χ0) is 17.4. The number of fused-ring (bicyclic) bond motifs is 1. The Labute approximate surface area is 149 Å². The monoisotopic (exact) mass is 360 g/mol. The Morgan fingerprint density at radius 2 is 2.04 bits per heavy atom. The molecular weight excluding hydrogens is 340 g/mol. The maximum absolute atomic E-state index is 12.8. The summed E-state index contributed by atoms with van der Waals surface area (Å²) in [4.78, 5) is 37.6. The predicted molar refractivity (Wildman–Crippen MR) is 94.7 cm³/mol. The van der Waals surface area contributed by atoms with Crippen molar-refractivity contribution in [3.8, 4) is 0 Å². The normalized spacial score (nSPS) is 24.0. The molecule has 8 heteroatoms. The molecule has 0 spiro atoms. The number of aromatic nitrogens is 2. The lowest BCUT2D eigenvalue weighted by Crippen LogP contribution is -2.44. The Hall–Kier alpha value is -2.22. The highest BCUT2D eigenvalue weighted by atomic mass is 32.1. The van der Waals surface area contributed by atoms with Crippen LogP contribution in [0.5, 0.6) is 0 Å². The van der Waals surface area contributed by atoms with Gasteiger partial charge in [-0.05, 0) is 30.7 Å². The SMILES string of the molecule is O=C(O)[C@@H]1CCN(C(=O)[C@@H]2CCCN(c3ncnc4sccc34)C2)C1. The van der Waals surface area contributed by atoms with Gasteiger partial charge < -0.3 is 14.9 Å². The molecule has 0 aliphatic carbocycles. The summed E-state index contributed by atoms with van der Waals surface area (Å²) in [6.45, 7) is 2.40. The van der Waals surface area contributed by atoms with Crippen LogP contribution in [0.1, 0.15) is 19.3 Å². The van der Waals surface area contributed by atoms with Crippen molar-refractivity contribution in [1.29, 1.82) is 0 Å². The van der Waals surface area contributed by atoms with Crippen molar-refractivity contribution in [2.75, 3.05) is 31.1 Å². The minimum Gasteiger partial charge on any atom is -0.481 e. The lowest BCUT2D eigenvalue weighted by atomic mass is 9.96. The molecule has 25 heavy (non-hydrogen) atoms. The molecule has 2 saturated heterocycles. The number of carboxylic acids is 1. The summed E-state index contributed by atoms with van der Waals surface area (Å²) >= 11 is 1.59. The van der Waals surface area contributed by atoms with Crippen molar-refractivity contribution < 1.29 is 14.7 Å². The van der Waals surface area contributed by atoms with Crippen LogP contribution in [0.2, 0.25) is 0 Å². The molecule has 4 heterocycles. The summed E-state index contributed by atoms with van der Waals surface area (Å²) < 4.78 is 0. The summed E-state index contributed by atoms with van der Waals surface area (Å²) in [6, 6.07) is 2.03. The second-order valence-corrected chi connectivity index (χ2v) is 7.62. The maximum atomic E-state index is 12.8. The molecule has 0 radical (unpaired) electrons. The molecule has 1 N–H and O–H groups in total. The van der Waals surface area contributed by atoms with Gasteiger partial charge in [0.2, 0.25) is 5.91 Å². The Bertz CT molecular complexity index is 808. The van der Waals surface area contributed by atoms with E-state index in [-0.39, 0.29) is 11.8 Å². The molecule has 2 fully saturated rings. The van der Waals surface area contributed by atoms with Gasteiger partial charge in [-0.3, -0.25) is 9.59 Å². The van der Waals surface area contributed by atoms with Gasteiger partial charge in [0.25, 0.3) is 0 Å². The molecule has 0 saturated carbocycles. The second kappa shape index (κ2) is 6.59. The van der Waals surface area contributed by atoms with E-state index in [0.29, 0.717) is 26.1 Å². The first kappa shape index (κ1) is 16.3. The summed E-state index contributed by atoms with van der Waals surface area (Å²) in [5.41, 5.74) is 0. The number of carbonyl (C=O) groups excluding carboxylic acids is 1. The average molecular weight is 360 g/mol. The van der Waals surface area contributed by atoms with E-state index in [0.717, 1.165) is 35.4 Å². The van der Waals surface area contributed by atoms with Gasteiger partial charge in [-0.25, -0.2) is 9.97 Å². The van der Waals surface area contributed by atoms with Gasteiger partial charge in [-0.15, -0.1) is 11.3 Å². The van der Waals surface area contributed by atoms with E-state index in [9.17, 15) is 9.59 Å². The molecule has 0 aromatic carbocycles. The van der Waals surface area contributed by atoms with Crippen molar-refractivity contribution in [2.45, 2.75) is 19.3 Å². The topological polar surface area (TPSA) is 86.6 Å². The van der Waals surface area contributed by atoms with Crippen LogP contribution in [0.4, 0.5) is 5.82 Å². The van der Waals surface area contributed by atoms with Crippen LogP contribution >= 0.6 is 11.3 Å². The van der Waals surface area contributed by atoms with Crippen LogP contribution in [-0.2, 0) is 9.59 Å². The Balaban J connectivity index is 1.49. The van der Waals surface area contributed by atoms with E-state index < -0.39 is 11.9 Å². The number of nitrogens with zero attached hydrogens (tertiary/aromatic N) is 4. The second-order valence-electron chi connectivity index (χ2n) is 6.73. The molecule has 2 aliphatic heterocycles. The van der Waals surface area contributed by atoms with Crippen molar-refractivity contribution in [1.82, 2.24) is 14.9 Å². The Morgan fingerprint density at radius 3 is 2.84 bits per heavy atom. The number of carboxylic acid groups (broad SMARTS) is 1. The summed E-state index contributed by atoms with van der Waals surface area (Å²) in [7, 11) is 0. The highest BCUT2D eigenvalue weighted by Gasteiger charge is 2.36. The number of piperidine rings is 1. The van der Waals surface area contributed by atoms with Crippen LogP contribution < -0.4 is 4.90 Å². The lowest BCUT2D eigenvalue weighted by molar-refractivity contribution is -0.141. The molecule has 2 aromatic heterocycles. The molecule has 4 rings (SSSR count). The first-order valence-electron chi connectivity index (χ1n) is 8.58. The number of carbonyl (C=O) groups is 2. The molecule has 0 unspecified atom stereocenters. The zero-order valence-electron chi connectivity index (χ0n) is 13.8. The molecule has 2 aliphatic rings. The maximum Gasteiger partial charge on any atom is 0.308 e. The highest BCUT2D eigenvalue weighted by Crippen LogP contribution is 2.31. The number of hydrogen-bond donors (Lipinski definition) is 1. The van der Waals surface area contributed by atoms with Crippen LogP contribution in [0.25, 0.3) is 10.2 Å². The molecule has 1 amide bonds. The number of likely N-dealkylation sites (tertiary alicyclic amines) is 1. The van der Waals surface area contributed by atoms with Gasteiger partial charge in [0.15, 0.2) is 0 Å². The van der Waals surface area contributed by atoms with Gasteiger partial charge in [0, 0.05) is 26.2 Å². The number of hydrogen-bond acceptors (Lipinski definition) is 6. The molecule has 132 valence electrons. The van der Waals surface area contributed by atoms with Crippen LogP contribution in [-0.4, -0.2) is 58.0 Å². The smallest absolute Gasteiger partial charge is 0.308 e. The molecule has 2 aromatic rings. The lowest BCUT2D eigenvalue weighted by Gasteiger charge is -2.34. The Morgan fingerprint density at radius 1 is 1.16 bits per heavy atom. The molecular formula is C17H20N4O3S. The summed E-state index contributed by atoms with van der Waals surface area (Å²) in [5, 5.41) is 12.2. The highest BCUT2D eigenvalue weighted by molar-refractivity contribution is 7.16. The van der Waals surface area contributed by atoms with Crippen molar-refractivity contribution in [3.05, 3.63) is 17.8 Å². The number of thiophene rings is 1. The quantitative estimate of drug-likeness (QED) is 0.899. The third-order valence-corrected chi connectivity index (χ3v) is 5.98. The molecule has 2 atom stereocenters. The predicted octanol–water partition coefficient (Wildman–Crippen LogP) is 1.84. The largest absolute Gasteiger partial charge is 0.481 e. The fourth-order valence-corrected chi connectivity index (χ4v) is 4.55. The third-order valence-electron chi connectivity index (χ3n) is 5.16. The average Bonchev–Trinajstić information content (AvgIpc) is 3.30.